The van der Waals surface area contributed by atoms with Gasteiger partial charge in [0, 0.05) is 41.1 Å². The van der Waals surface area contributed by atoms with Crippen LogP contribution in [0.1, 0.15) is 10.5 Å². The largest absolute Gasteiger partial charge is 0.340 e. The zero-order chi connectivity index (χ0) is 14.1. The molecule has 1 aromatic carbocycles. The molecule has 2 heterocycles. The zero-order valence-electron chi connectivity index (χ0n) is 10.8. The highest BCUT2D eigenvalue weighted by molar-refractivity contribution is 6.35. The van der Waals surface area contributed by atoms with E-state index >= 15 is 0 Å². The number of hydrogen-bond acceptors (Lipinski definition) is 2. The number of hydrogen-bond donors (Lipinski definition) is 1. The van der Waals surface area contributed by atoms with Crippen LogP contribution in [0.5, 0.6) is 0 Å². The van der Waals surface area contributed by atoms with Crippen LogP contribution in [0.15, 0.2) is 48.8 Å². The van der Waals surface area contributed by atoms with Gasteiger partial charge in [-0.1, -0.05) is 17.7 Å². The van der Waals surface area contributed by atoms with E-state index in [-0.39, 0.29) is 5.91 Å². The molecule has 2 aromatic heterocycles. The molecular formula is C15H12ClN3O. The molecule has 0 fully saturated rings. The molecule has 0 aliphatic carbocycles. The molecule has 1 N–H and O–H groups in total. The Bertz CT molecular complexity index is 780. The van der Waals surface area contributed by atoms with E-state index in [4.69, 9.17) is 11.6 Å². The summed E-state index contributed by atoms with van der Waals surface area (Å²) in [6, 6.07) is 10.9. The number of anilines is 1. The fraction of sp³-hybridized carbons (Fsp3) is 0.0667. The minimum absolute atomic E-state index is 0.175. The van der Waals surface area contributed by atoms with Crippen molar-refractivity contribution in [1.82, 2.24) is 9.55 Å². The molecular weight excluding hydrogens is 274 g/mol. The fourth-order valence-corrected chi connectivity index (χ4v) is 2.40. The van der Waals surface area contributed by atoms with E-state index in [1.165, 1.54) is 0 Å². The van der Waals surface area contributed by atoms with Gasteiger partial charge in [0.15, 0.2) is 0 Å². The number of pyridine rings is 1. The Morgan fingerprint density at radius 1 is 1.25 bits per heavy atom. The van der Waals surface area contributed by atoms with Crippen LogP contribution < -0.4 is 5.32 Å². The van der Waals surface area contributed by atoms with Gasteiger partial charge >= 0.3 is 0 Å². The SMILES string of the molecule is Cn1c(C(=O)Nc2ccncc2)cc2c(Cl)cccc21. The first kappa shape index (κ1) is 12.7. The molecule has 1 amide bonds. The first-order valence-corrected chi connectivity index (χ1v) is 6.50. The van der Waals surface area contributed by atoms with Crippen LogP contribution in [0.4, 0.5) is 5.69 Å². The van der Waals surface area contributed by atoms with Crippen molar-refractivity contribution in [3.05, 3.63) is 59.5 Å². The molecule has 0 spiro atoms. The molecule has 4 nitrogen and oxygen atoms in total. The number of aromatic nitrogens is 2. The first-order valence-electron chi connectivity index (χ1n) is 6.12. The van der Waals surface area contributed by atoms with Crippen LogP contribution in [0, 0.1) is 0 Å². The van der Waals surface area contributed by atoms with Gasteiger partial charge in [-0.05, 0) is 30.3 Å². The summed E-state index contributed by atoms with van der Waals surface area (Å²) in [6.07, 6.45) is 3.27. The second-order valence-corrected chi connectivity index (χ2v) is 4.86. The van der Waals surface area contributed by atoms with E-state index in [0.717, 1.165) is 10.9 Å². The monoisotopic (exact) mass is 285 g/mol. The Balaban J connectivity index is 2.00. The first-order chi connectivity index (χ1) is 9.66. The lowest BCUT2D eigenvalue weighted by Crippen LogP contribution is -2.15. The van der Waals surface area contributed by atoms with Crippen molar-refractivity contribution < 1.29 is 4.79 Å². The van der Waals surface area contributed by atoms with E-state index in [1.54, 1.807) is 30.6 Å². The number of fused-ring (bicyclic) bond motifs is 1. The molecule has 5 heteroatoms. The average Bonchev–Trinajstić information content (AvgIpc) is 2.79. The Kier molecular flexibility index (Phi) is 3.16. The second-order valence-electron chi connectivity index (χ2n) is 4.45. The molecule has 0 aliphatic heterocycles. The predicted octanol–water partition coefficient (Wildman–Crippen LogP) is 3.48. The van der Waals surface area contributed by atoms with Crippen LogP contribution in [0.2, 0.25) is 5.02 Å². The molecule has 0 aliphatic rings. The molecule has 0 saturated carbocycles. The van der Waals surface area contributed by atoms with Crippen LogP contribution in [-0.2, 0) is 7.05 Å². The third-order valence-corrected chi connectivity index (χ3v) is 3.53. The van der Waals surface area contributed by atoms with Gasteiger partial charge in [0.05, 0.1) is 0 Å². The highest BCUT2D eigenvalue weighted by atomic mass is 35.5. The normalized spacial score (nSPS) is 10.7. The Hall–Kier alpha value is -2.33. The number of aryl methyl sites for hydroxylation is 1. The molecule has 3 aromatic rings. The molecule has 0 bridgehead atoms. The maximum Gasteiger partial charge on any atom is 0.272 e. The summed E-state index contributed by atoms with van der Waals surface area (Å²) in [5.74, 6) is -0.175. The summed E-state index contributed by atoms with van der Waals surface area (Å²) in [7, 11) is 1.85. The molecule has 0 saturated heterocycles. The highest BCUT2D eigenvalue weighted by Gasteiger charge is 2.14. The van der Waals surface area contributed by atoms with Crippen molar-refractivity contribution in [1.29, 1.82) is 0 Å². The summed E-state index contributed by atoms with van der Waals surface area (Å²) in [5.41, 5.74) is 2.20. The number of benzene rings is 1. The number of halogens is 1. The van der Waals surface area contributed by atoms with E-state index in [9.17, 15) is 4.79 Å². The van der Waals surface area contributed by atoms with Gasteiger partial charge in [-0.3, -0.25) is 9.78 Å². The molecule has 0 radical (unpaired) electrons. The van der Waals surface area contributed by atoms with E-state index in [0.29, 0.717) is 16.4 Å². The van der Waals surface area contributed by atoms with Crippen molar-refractivity contribution in [2.24, 2.45) is 7.05 Å². The van der Waals surface area contributed by atoms with Crippen LogP contribution in [0.3, 0.4) is 0 Å². The number of carbonyl (C=O) groups is 1. The molecule has 0 atom stereocenters. The highest BCUT2D eigenvalue weighted by Crippen LogP contribution is 2.26. The van der Waals surface area contributed by atoms with Crippen molar-refractivity contribution in [3.8, 4) is 0 Å². The zero-order valence-corrected chi connectivity index (χ0v) is 11.6. The summed E-state index contributed by atoms with van der Waals surface area (Å²) >= 11 is 6.15. The van der Waals surface area contributed by atoms with Crippen LogP contribution >= 0.6 is 11.6 Å². The average molecular weight is 286 g/mol. The van der Waals surface area contributed by atoms with Crippen molar-refractivity contribution in [2.75, 3.05) is 5.32 Å². The van der Waals surface area contributed by atoms with E-state index in [1.807, 2.05) is 29.8 Å². The molecule has 20 heavy (non-hydrogen) atoms. The van der Waals surface area contributed by atoms with Crippen molar-refractivity contribution >= 4 is 34.1 Å². The fourth-order valence-electron chi connectivity index (χ4n) is 2.17. The van der Waals surface area contributed by atoms with E-state index < -0.39 is 0 Å². The lowest BCUT2D eigenvalue weighted by atomic mass is 10.2. The topological polar surface area (TPSA) is 46.9 Å². The minimum atomic E-state index is -0.175. The summed E-state index contributed by atoms with van der Waals surface area (Å²) in [4.78, 5) is 16.2. The van der Waals surface area contributed by atoms with Gasteiger partial charge in [-0.2, -0.15) is 0 Å². The van der Waals surface area contributed by atoms with Gasteiger partial charge in [0.1, 0.15) is 5.69 Å². The summed E-state index contributed by atoms with van der Waals surface area (Å²) in [5, 5.41) is 4.35. The number of nitrogens with zero attached hydrogens (tertiary/aromatic N) is 2. The Morgan fingerprint density at radius 3 is 2.70 bits per heavy atom. The number of carbonyl (C=O) groups excluding carboxylic acids is 1. The number of amides is 1. The standard InChI is InChI=1S/C15H12ClN3O/c1-19-13-4-2-3-12(16)11(13)9-14(19)15(20)18-10-5-7-17-8-6-10/h2-9H,1H3,(H,17,18,20). The molecule has 0 unspecified atom stereocenters. The van der Waals surface area contributed by atoms with Gasteiger partial charge < -0.3 is 9.88 Å². The lowest BCUT2D eigenvalue weighted by molar-refractivity contribution is 0.102. The quantitative estimate of drug-likeness (QED) is 0.783. The van der Waals surface area contributed by atoms with Gasteiger partial charge in [0.2, 0.25) is 0 Å². The smallest absolute Gasteiger partial charge is 0.272 e. The van der Waals surface area contributed by atoms with Crippen LogP contribution in [-0.4, -0.2) is 15.5 Å². The van der Waals surface area contributed by atoms with Crippen molar-refractivity contribution in [3.63, 3.8) is 0 Å². The maximum absolute atomic E-state index is 12.3. The lowest BCUT2D eigenvalue weighted by Gasteiger charge is -2.06. The maximum atomic E-state index is 12.3. The van der Waals surface area contributed by atoms with Gasteiger partial charge in [-0.25, -0.2) is 0 Å². The van der Waals surface area contributed by atoms with Gasteiger partial charge in [-0.15, -0.1) is 0 Å². The van der Waals surface area contributed by atoms with Gasteiger partial charge in [0.25, 0.3) is 5.91 Å². The van der Waals surface area contributed by atoms with E-state index in [2.05, 4.69) is 10.3 Å². The summed E-state index contributed by atoms with van der Waals surface area (Å²) < 4.78 is 1.83. The van der Waals surface area contributed by atoms with Crippen LogP contribution in [0.25, 0.3) is 10.9 Å². The second kappa shape index (κ2) is 4.98. The third-order valence-electron chi connectivity index (χ3n) is 3.20. The molecule has 3 rings (SSSR count). The number of nitrogens with one attached hydrogen (secondary N) is 1. The minimum Gasteiger partial charge on any atom is -0.340 e. The predicted molar refractivity (Wildman–Crippen MR) is 80.1 cm³/mol. The Labute approximate surface area is 121 Å². The van der Waals surface area contributed by atoms with Crippen molar-refractivity contribution in [2.45, 2.75) is 0 Å². The number of rotatable bonds is 2. The third kappa shape index (κ3) is 2.14. The molecule has 100 valence electrons. The Morgan fingerprint density at radius 2 is 2.00 bits per heavy atom. The summed E-state index contributed by atoms with van der Waals surface area (Å²) in [6.45, 7) is 0.